The van der Waals surface area contributed by atoms with Crippen LogP contribution >= 0.6 is 0 Å². The molecule has 0 heterocycles. The Morgan fingerprint density at radius 2 is 2.18 bits per heavy atom. The zero-order chi connectivity index (χ0) is 8.69. The van der Waals surface area contributed by atoms with Gasteiger partial charge in [0.1, 0.15) is 0 Å². The third kappa shape index (κ3) is 2.99. The predicted molar refractivity (Wildman–Crippen MR) is 51.1 cm³/mol. The monoisotopic (exact) mass is 149 g/mol. The molecular formula is C10H15N. The lowest BCUT2D eigenvalue weighted by atomic mass is 10.0. The molecule has 0 amide bonds. The molecule has 0 aliphatic heterocycles. The van der Waals surface area contributed by atoms with E-state index in [1.165, 1.54) is 6.21 Å². The average molecular weight is 149 g/mol. The van der Waals surface area contributed by atoms with Crippen LogP contribution in [0, 0.1) is 5.41 Å². The lowest BCUT2D eigenvalue weighted by molar-refractivity contribution is 1.13. The van der Waals surface area contributed by atoms with Crippen LogP contribution < -0.4 is 0 Å². The summed E-state index contributed by atoms with van der Waals surface area (Å²) < 4.78 is 0. The summed E-state index contributed by atoms with van der Waals surface area (Å²) >= 11 is 0. The molecule has 0 fully saturated rings. The van der Waals surface area contributed by atoms with E-state index in [9.17, 15) is 0 Å². The summed E-state index contributed by atoms with van der Waals surface area (Å²) in [6.45, 7) is 7.63. The summed E-state index contributed by atoms with van der Waals surface area (Å²) in [4.78, 5) is 0. The highest BCUT2D eigenvalue weighted by Gasteiger charge is 1.95. The van der Waals surface area contributed by atoms with E-state index in [4.69, 9.17) is 5.41 Å². The van der Waals surface area contributed by atoms with Gasteiger partial charge in [0.25, 0.3) is 0 Å². The van der Waals surface area contributed by atoms with Crippen molar-refractivity contribution in [3.05, 3.63) is 36.0 Å². The molecule has 0 aliphatic carbocycles. The Balaban J connectivity index is 4.61. The molecule has 0 saturated heterocycles. The smallest absolute Gasteiger partial charge is 0.0249 e. The van der Waals surface area contributed by atoms with Crippen molar-refractivity contribution in [2.24, 2.45) is 0 Å². The molecule has 0 unspecified atom stereocenters. The summed E-state index contributed by atoms with van der Waals surface area (Å²) in [5.41, 5.74) is 2.14. The molecule has 1 heteroatoms. The lowest BCUT2D eigenvalue weighted by Gasteiger charge is -2.01. The summed E-state index contributed by atoms with van der Waals surface area (Å²) in [6.07, 6.45) is 7.96. The Kier molecular flexibility index (Phi) is 5.09. The van der Waals surface area contributed by atoms with Crippen molar-refractivity contribution in [2.75, 3.05) is 0 Å². The first kappa shape index (κ1) is 9.89. The molecule has 0 rings (SSSR count). The topological polar surface area (TPSA) is 23.9 Å². The van der Waals surface area contributed by atoms with Gasteiger partial charge in [-0.25, -0.2) is 0 Å². The van der Waals surface area contributed by atoms with Crippen molar-refractivity contribution in [3.63, 3.8) is 0 Å². The van der Waals surface area contributed by atoms with Crippen LogP contribution in [0.1, 0.15) is 20.3 Å². The van der Waals surface area contributed by atoms with E-state index < -0.39 is 0 Å². The highest BCUT2D eigenvalue weighted by molar-refractivity contribution is 5.82. The Bertz CT molecular complexity index is 197. The molecular weight excluding hydrogens is 134 g/mol. The second-order valence-electron chi connectivity index (χ2n) is 2.17. The standard InChI is InChI=1S/C10H15N/c1-4-7-9(5-2)10(6-3)8-11/h4,6-8,11H,1,5H2,2-3H3/b9-7-,10-6-,11-8?. The molecule has 1 N–H and O–H groups in total. The lowest BCUT2D eigenvalue weighted by Crippen LogP contribution is -1.88. The minimum atomic E-state index is 0.946. The van der Waals surface area contributed by atoms with Gasteiger partial charge >= 0.3 is 0 Å². The molecule has 0 aliphatic rings. The van der Waals surface area contributed by atoms with Crippen molar-refractivity contribution < 1.29 is 0 Å². The third-order valence-corrected chi connectivity index (χ3v) is 1.54. The number of rotatable bonds is 4. The average Bonchev–Trinajstić information content (AvgIpc) is 2.05. The van der Waals surface area contributed by atoms with Crippen LogP contribution in [0.25, 0.3) is 0 Å². The Morgan fingerprint density at radius 1 is 1.55 bits per heavy atom. The summed E-state index contributed by atoms with van der Waals surface area (Å²) in [7, 11) is 0. The number of allylic oxidation sites excluding steroid dienone is 5. The normalized spacial score (nSPS) is 12.9. The fourth-order valence-electron chi connectivity index (χ4n) is 0.922. The van der Waals surface area contributed by atoms with Crippen LogP contribution in [-0.2, 0) is 0 Å². The van der Waals surface area contributed by atoms with E-state index in [-0.39, 0.29) is 0 Å². The highest BCUT2D eigenvalue weighted by atomic mass is 14.3. The summed E-state index contributed by atoms with van der Waals surface area (Å²) in [6, 6.07) is 0. The fraction of sp³-hybridized carbons (Fsp3) is 0.300. The highest BCUT2D eigenvalue weighted by Crippen LogP contribution is 2.11. The van der Waals surface area contributed by atoms with Crippen LogP contribution in [0.15, 0.2) is 36.0 Å². The molecule has 0 bridgehead atoms. The first-order valence-corrected chi connectivity index (χ1v) is 3.78. The van der Waals surface area contributed by atoms with Gasteiger partial charge < -0.3 is 5.41 Å². The molecule has 60 valence electrons. The molecule has 0 aromatic carbocycles. The minimum absolute atomic E-state index is 0.946. The molecule has 0 aromatic heterocycles. The van der Waals surface area contributed by atoms with Crippen LogP contribution in [0.2, 0.25) is 0 Å². The summed E-state index contributed by atoms with van der Waals surface area (Å²) in [5, 5.41) is 7.10. The maximum absolute atomic E-state index is 7.10. The second-order valence-corrected chi connectivity index (χ2v) is 2.17. The zero-order valence-electron chi connectivity index (χ0n) is 7.22. The molecule has 0 saturated carbocycles. The Hall–Kier alpha value is -1.11. The minimum Gasteiger partial charge on any atom is -0.308 e. The van der Waals surface area contributed by atoms with Crippen LogP contribution in [0.5, 0.6) is 0 Å². The van der Waals surface area contributed by atoms with Gasteiger partial charge in [0.15, 0.2) is 0 Å². The first-order valence-electron chi connectivity index (χ1n) is 3.78. The van der Waals surface area contributed by atoms with Gasteiger partial charge in [0.2, 0.25) is 0 Å². The van der Waals surface area contributed by atoms with E-state index >= 15 is 0 Å². The summed E-state index contributed by atoms with van der Waals surface area (Å²) in [5.74, 6) is 0. The molecule has 0 radical (unpaired) electrons. The second kappa shape index (κ2) is 5.66. The van der Waals surface area contributed by atoms with E-state index in [1.54, 1.807) is 6.08 Å². The van der Waals surface area contributed by atoms with Crippen molar-refractivity contribution >= 4 is 6.21 Å². The molecule has 0 spiro atoms. The van der Waals surface area contributed by atoms with Gasteiger partial charge in [-0.3, -0.25) is 0 Å². The SMILES string of the molecule is C=C/C=C(CC)\C(C=N)=C/C. The Labute approximate surface area is 68.6 Å². The predicted octanol–water partition coefficient (Wildman–Crippen LogP) is 3.10. The van der Waals surface area contributed by atoms with Gasteiger partial charge in [-0.2, -0.15) is 0 Å². The fourth-order valence-corrected chi connectivity index (χ4v) is 0.922. The third-order valence-electron chi connectivity index (χ3n) is 1.54. The largest absolute Gasteiger partial charge is 0.308 e. The van der Waals surface area contributed by atoms with E-state index in [2.05, 4.69) is 13.5 Å². The van der Waals surface area contributed by atoms with Crippen molar-refractivity contribution in [3.8, 4) is 0 Å². The van der Waals surface area contributed by atoms with Crippen LogP contribution in [0.3, 0.4) is 0 Å². The van der Waals surface area contributed by atoms with Gasteiger partial charge in [0, 0.05) is 6.21 Å². The van der Waals surface area contributed by atoms with Crippen molar-refractivity contribution in [1.29, 1.82) is 5.41 Å². The van der Waals surface area contributed by atoms with Crippen LogP contribution in [-0.4, -0.2) is 6.21 Å². The molecule has 0 atom stereocenters. The van der Waals surface area contributed by atoms with E-state index in [0.717, 1.165) is 17.6 Å². The number of hydrogen-bond acceptors (Lipinski definition) is 1. The molecule has 0 aromatic rings. The molecule has 11 heavy (non-hydrogen) atoms. The maximum Gasteiger partial charge on any atom is 0.0249 e. The first-order chi connectivity index (χ1) is 5.29. The maximum atomic E-state index is 7.10. The number of hydrogen-bond donors (Lipinski definition) is 1. The van der Waals surface area contributed by atoms with E-state index in [0.29, 0.717) is 0 Å². The van der Waals surface area contributed by atoms with Gasteiger partial charge in [-0.1, -0.05) is 31.7 Å². The van der Waals surface area contributed by atoms with Crippen molar-refractivity contribution in [2.45, 2.75) is 20.3 Å². The van der Waals surface area contributed by atoms with Gasteiger partial charge in [0.05, 0.1) is 0 Å². The quantitative estimate of drug-likeness (QED) is 0.469. The van der Waals surface area contributed by atoms with E-state index in [1.807, 2.05) is 19.1 Å². The Morgan fingerprint density at radius 3 is 2.45 bits per heavy atom. The van der Waals surface area contributed by atoms with Crippen LogP contribution in [0.4, 0.5) is 0 Å². The van der Waals surface area contributed by atoms with Crippen molar-refractivity contribution in [1.82, 2.24) is 0 Å². The molecule has 1 nitrogen and oxygen atoms in total. The number of nitrogens with one attached hydrogen (secondary N) is 1. The van der Waals surface area contributed by atoms with Gasteiger partial charge in [-0.05, 0) is 24.5 Å². The zero-order valence-corrected chi connectivity index (χ0v) is 7.22. The van der Waals surface area contributed by atoms with Gasteiger partial charge in [-0.15, -0.1) is 0 Å².